The first-order chi connectivity index (χ1) is 8.25. The fourth-order valence-corrected chi connectivity index (χ4v) is 3.05. The van der Waals surface area contributed by atoms with Gasteiger partial charge in [-0.2, -0.15) is 0 Å². The number of aromatic nitrogens is 2. The van der Waals surface area contributed by atoms with Gasteiger partial charge in [-0.05, 0) is 25.0 Å². The average molecular weight is 247 g/mol. The van der Waals surface area contributed by atoms with E-state index in [9.17, 15) is 4.79 Å². The molecule has 4 nitrogen and oxygen atoms in total. The van der Waals surface area contributed by atoms with E-state index >= 15 is 0 Å². The van der Waals surface area contributed by atoms with Gasteiger partial charge >= 0.3 is 0 Å². The summed E-state index contributed by atoms with van der Waals surface area (Å²) in [5.74, 6) is -0.191. The zero-order valence-electron chi connectivity index (χ0n) is 9.30. The van der Waals surface area contributed by atoms with Crippen LogP contribution in [0.3, 0.4) is 0 Å². The van der Waals surface area contributed by atoms with E-state index in [2.05, 4.69) is 21.7 Å². The SMILES string of the molecule is NC(=O)C1CCn2c(ccc2-c2cncs2)C1. The van der Waals surface area contributed by atoms with Crippen LogP contribution in [0.1, 0.15) is 12.1 Å². The predicted octanol–water partition coefficient (Wildman–Crippen LogP) is 1.66. The van der Waals surface area contributed by atoms with Crippen molar-refractivity contribution in [3.63, 3.8) is 0 Å². The summed E-state index contributed by atoms with van der Waals surface area (Å²) in [6.45, 7) is 0.864. The standard InChI is InChI=1S/C12H13N3OS/c13-12(16)8-3-4-15-9(5-8)1-2-10(15)11-6-14-7-17-11/h1-2,6-8H,3-5H2,(H2,13,16). The molecule has 0 fully saturated rings. The number of rotatable bonds is 2. The second-order valence-corrected chi connectivity index (χ2v) is 5.21. The number of amides is 1. The minimum Gasteiger partial charge on any atom is -0.369 e. The number of hydrogen-bond acceptors (Lipinski definition) is 3. The molecule has 5 heteroatoms. The van der Waals surface area contributed by atoms with Gasteiger partial charge in [0, 0.05) is 24.4 Å². The molecule has 1 unspecified atom stereocenters. The number of primary amides is 1. The monoisotopic (exact) mass is 247 g/mol. The van der Waals surface area contributed by atoms with E-state index in [0.717, 1.165) is 19.4 Å². The summed E-state index contributed by atoms with van der Waals surface area (Å²) in [5.41, 5.74) is 9.60. The first-order valence-corrected chi connectivity index (χ1v) is 6.50. The zero-order chi connectivity index (χ0) is 11.8. The van der Waals surface area contributed by atoms with E-state index in [1.807, 2.05) is 11.7 Å². The maximum absolute atomic E-state index is 11.2. The van der Waals surface area contributed by atoms with Crippen molar-refractivity contribution in [2.75, 3.05) is 0 Å². The van der Waals surface area contributed by atoms with E-state index in [-0.39, 0.29) is 11.8 Å². The van der Waals surface area contributed by atoms with Gasteiger partial charge in [-0.15, -0.1) is 11.3 Å². The van der Waals surface area contributed by atoms with Crippen molar-refractivity contribution in [1.29, 1.82) is 0 Å². The number of hydrogen-bond donors (Lipinski definition) is 1. The van der Waals surface area contributed by atoms with Crippen molar-refractivity contribution >= 4 is 17.2 Å². The predicted molar refractivity (Wildman–Crippen MR) is 66.5 cm³/mol. The minimum atomic E-state index is -0.184. The lowest BCUT2D eigenvalue weighted by atomic mass is 9.96. The Hall–Kier alpha value is -1.62. The van der Waals surface area contributed by atoms with Crippen molar-refractivity contribution in [2.24, 2.45) is 11.7 Å². The van der Waals surface area contributed by atoms with Crippen LogP contribution in [0.5, 0.6) is 0 Å². The molecule has 2 aromatic heterocycles. The van der Waals surface area contributed by atoms with Gasteiger partial charge in [-0.3, -0.25) is 9.78 Å². The molecule has 0 radical (unpaired) electrons. The van der Waals surface area contributed by atoms with Gasteiger partial charge in [0.05, 0.1) is 16.1 Å². The Kier molecular flexibility index (Phi) is 2.48. The van der Waals surface area contributed by atoms with Crippen LogP contribution in [-0.4, -0.2) is 15.5 Å². The van der Waals surface area contributed by atoms with Crippen LogP contribution in [-0.2, 0) is 17.8 Å². The molecule has 1 aliphatic rings. The Labute approximate surface area is 103 Å². The molecule has 17 heavy (non-hydrogen) atoms. The highest BCUT2D eigenvalue weighted by Gasteiger charge is 2.24. The summed E-state index contributed by atoms with van der Waals surface area (Å²) >= 11 is 1.64. The van der Waals surface area contributed by atoms with Gasteiger partial charge in [0.1, 0.15) is 0 Å². The Morgan fingerprint density at radius 2 is 2.41 bits per heavy atom. The highest BCUT2D eigenvalue weighted by molar-refractivity contribution is 7.13. The molecule has 0 saturated heterocycles. The smallest absolute Gasteiger partial charge is 0.220 e. The first-order valence-electron chi connectivity index (χ1n) is 5.62. The molecule has 1 amide bonds. The second kappa shape index (κ2) is 4.00. The molecule has 3 heterocycles. The molecule has 0 aromatic carbocycles. The second-order valence-electron chi connectivity index (χ2n) is 4.32. The Balaban J connectivity index is 1.95. The number of carbonyl (C=O) groups is 1. The van der Waals surface area contributed by atoms with Crippen molar-refractivity contribution in [3.05, 3.63) is 29.5 Å². The molecule has 2 aromatic rings. The third-order valence-corrected chi connectivity index (χ3v) is 4.11. The van der Waals surface area contributed by atoms with Crippen LogP contribution in [0.15, 0.2) is 23.8 Å². The summed E-state index contributed by atoms with van der Waals surface area (Å²) in [6, 6.07) is 4.19. The molecular weight excluding hydrogens is 234 g/mol. The van der Waals surface area contributed by atoms with Gasteiger partial charge in [0.25, 0.3) is 0 Å². The quantitative estimate of drug-likeness (QED) is 0.877. The lowest BCUT2D eigenvalue weighted by Crippen LogP contribution is -2.30. The molecule has 2 N–H and O–H groups in total. The van der Waals surface area contributed by atoms with E-state index in [0.29, 0.717) is 0 Å². The number of thiazole rings is 1. The fourth-order valence-electron chi connectivity index (χ4n) is 2.39. The minimum absolute atomic E-state index is 0.00768. The van der Waals surface area contributed by atoms with Crippen molar-refractivity contribution in [1.82, 2.24) is 9.55 Å². The molecule has 0 spiro atoms. The number of nitrogens with two attached hydrogens (primary N) is 1. The van der Waals surface area contributed by atoms with Crippen LogP contribution >= 0.6 is 11.3 Å². The zero-order valence-corrected chi connectivity index (χ0v) is 10.1. The molecule has 1 aliphatic heterocycles. The highest BCUT2D eigenvalue weighted by atomic mass is 32.1. The highest BCUT2D eigenvalue weighted by Crippen LogP contribution is 2.30. The Morgan fingerprint density at radius 1 is 1.53 bits per heavy atom. The van der Waals surface area contributed by atoms with Crippen molar-refractivity contribution in [3.8, 4) is 10.6 Å². The summed E-state index contributed by atoms with van der Waals surface area (Å²) in [4.78, 5) is 16.5. The van der Waals surface area contributed by atoms with Crippen LogP contribution in [0.2, 0.25) is 0 Å². The van der Waals surface area contributed by atoms with E-state index in [1.165, 1.54) is 16.3 Å². The number of fused-ring (bicyclic) bond motifs is 1. The summed E-state index contributed by atoms with van der Waals surface area (Å²) < 4.78 is 2.27. The van der Waals surface area contributed by atoms with Gasteiger partial charge in [0.2, 0.25) is 5.91 Å². The van der Waals surface area contributed by atoms with Gasteiger partial charge in [0.15, 0.2) is 0 Å². The summed E-state index contributed by atoms with van der Waals surface area (Å²) in [7, 11) is 0. The molecular formula is C12H13N3OS. The van der Waals surface area contributed by atoms with Crippen LogP contribution in [0, 0.1) is 5.92 Å². The van der Waals surface area contributed by atoms with Gasteiger partial charge in [-0.1, -0.05) is 0 Å². The molecule has 3 rings (SSSR count). The summed E-state index contributed by atoms with van der Waals surface area (Å²) in [6.07, 6.45) is 3.48. The maximum Gasteiger partial charge on any atom is 0.220 e. The Bertz CT molecular complexity index is 544. The third kappa shape index (κ3) is 1.76. The topological polar surface area (TPSA) is 60.9 Å². The lowest BCUT2D eigenvalue weighted by Gasteiger charge is -2.23. The molecule has 0 aliphatic carbocycles. The van der Waals surface area contributed by atoms with Crippen LogP contribution < -0.4 is 5.73 Å². The Morgan fingerprint density at radius 3 is 3.12 bits per heavy atom. The van der Waals surface area contributed by atoms with E-state index < -0.39 is 0 Å². The molecule has 0 bridgehead atoms. The number of nitrogens with zero attached hydrogens (tertiary/aromatic N) is 2. The lowest BCUT2D eigenvalue weighted by molar-refractivity contribution is -0.122. The molecule has 88 valence electrons. The van der Waals surface area contributed by atoms with Gasteiger partial charge < -0.3 is 10.3 Å². The van der Waals surface area contributed by atoms with Crippen molar-refractivity contribution in [2.45, 2.75) is 19.4 Å². The van der Waals surface area contributed by atoms with Crippen LogP contribution in [0.25, 0.3) is 10.6 Å². The maximum atomic E-state index is 11.2. The summed E-state index contributed by atoms with van der Waals surface area (Å²) in [5, 5.41) is 0. The number of carbonyl (C=O) groups excluding carboxylic acids is 1. The normalized spacial score (nSPS) is 18.9. The largest absolute Gasteiger partial charge is 0.369 e. The van der Waals surface area contributed by atoms with Crippen molar-refractivity contribution < 1.29 is 4.79 Å². The van der Waals surface area contributed by atoms with E-state index in [4.69, 9.17) is 5.73 Å². The van der Waals surface area contributed by atoms with Gasteiger partial charge in [-0.25, -0.2) is 0 Å². The first kappa shape index (κ1) is 10.5. The van der Waals surface area contributed by atoms with E-state index in [1.54, 1.807) is 11.3 Å². The molecule has 0 saturated carbocycles. The average Bonchev–Trinajstić information content (AvgIpc) is 2.96. The third-order valence-electron chi connectivity index (χ3n) is 3.31. The molecule has 1 atom stereocenters. The van der Waals surface area contributed by atoms with Crippen LogP contribution in [0.4, 0.5) is 0 Å². The fraction of sp³-hybridized carbons (Fsp3) is 0.333.